The lowest BCUT2D eigenvalue weighted by Crippen LogP contribution is -2.41. The van der Waals surface area contributed by atoms with E-state index in [1.54, 1.807) is 0 Å². The molecular formula is C15H22FNO3S. The van der Waals surface area contributed by atoms with Gasteiger partial charge in [-0.2, -0.15) is 0 Å². The average molecular weight is 315 g/mol. The van der Waals surface area contributed by atoms with Gasteiger partial charge in [0.1, 0.15) is 5.82 Å². The van der Waals surface area contributed by atoms with Crippen molar-refractivity contribution in [2.45, 2.75) is 43.9 Å². The molecule has 0 heterocycles. The molecule has 2 N–H and O–H groups in total. The first-order valence-electron chi connectivity index (χ1n) is 7.25. The number of aliphatic hydroxyl groups is 1. The van der Waals surface area contributed by atoms with Crippen LogP contribution in [0.4, 0.5) is 4.39 Å². The summed E-state index contributed by atoms with van der Waals surface area (Å²) in [5.74, 6) is -0.423. The molecule has 2 rings (SSSR count). The number of rotatable bonds is 5. The zero-order chi connectivity index (χ0) is 15.5. The Hall–Kier alpha value is -0.980. The maximum absolute atomic E-state index is 13.2. The molecular weight excluding hydrogens is 293 g/mol. The molecule has 1 aromatic rings. The van der Waals surface area contributed by atoms with Crippen LogP contribution in [0.5, 0.6) is 0 Å². The van der Waals surface area contributed by atoms with Crippen LogP contribution in [0, 0.1) is 18.2 Å². The summed E-state index contributed by atoms with van der Waals surface area (Å²) < 4.78 is 40.4. The third kappa shape index (κ3) is 3.81. The fourth-order valence-electron chi connectivity index (χ4n) is 2.81. The lowest BCUT2D eigenvalue weighted by Gasteiger charge is -2.35. The van der Waals surface area contributed by atoms with Crippen LogP contribution in [0.25, 0.3) is 0 Å². The lowest BCUT2D eigenvalue weighted by molar-refractivity contribution is 0.0867. The Kier molecular flexibility index (Phi) is 5.01. The third-order valence-corrected chi connectivity index (χ3v) is 5.73. The van der Waals surface area contributed by atoms with Crippen LogP contribution in [-0.4, -0.2) is 26.7 Å². The minimum Gasteiger partial charge on any atom is -0.396 e. The maximum Gasteiger partial charge on any atom is 0.240 e. The number of nitrogens with one attached hydrogen (secondary N) is 1. The fourth-order valence-corrected chi connectivity index (χ4v) is 4.05. The van der Waals surface area contributed by atoms with Crippen LogP contribution >= 0.6 is 0 Å². The van der Waals surface area contributed by atoms with Crippen molar-refractivity contribution >= 4 is 10.0 Å². The van der Waals surface area contributed by atoms with E-state index in [1.165, 1.54) is 19.1 Å². The van der Waals surface area contributed by atoms with Crippen molar-refractivity contribution in [3.05, 3.63) is 29.6 Å². The fraction of sp³-hybridized carbons (Fsp3) is 0.600. The molecule has 0 unspecified atom stereocenters. The van der Waals surface area contributed by atoms with Crippen LogP contribution < -0.4 is 4.72 Å². The Labute approximate surface area is 125 Å². The molecule has 0 aliphatic heterocycles. The van der Waals surface area contributed by atoms with Gasteiger partial charge < -0.3 is 5.11 Å². The van der Waals surface area contributed by atoms with Crippen molar-refractivity contribution in [1.82, 2.24) is 4.72 Å². The molecule has 0 radical (unpaired) electrons. The van der Waals surface area contributed by atoms with Gasteiger partial charge in [0.2, 0.25) is 10.0 Å². The van der Waals surface area contributed by atoms with Gasteiger partial charge in [0.15, 0.2) is 0 Å². The topological polar surface area (TPSA) is 66.4 Å². The van der Waals surface area contributed by atoms with Gasteiger partial charge in [-0.25, -0.2) is 17.5 Å². The second kappa shape index (κ2) is 6.42. The molecule has 1 aromatic carbocycles. The Morgan fingerprint density at radius 1 is 1.29 bits per heavy atom. The van der Waals surface area contributed by atoms with Crippen molar-refractivity contribution < 1.29 is 17.9 Å². The quantitative estimate of drug-likeness (QED) is 0.876. The summed E-state index contributed by atoms with van der Waals surface area (Å²) in [4.78, 5) is 0.0605. The second-order valence-electron chi connectivity index (χ2n) is 5.95. The molecule has 1 aliphatic carbocycles. The van der Waals surface area contributed by atoms with Crippen LogP contribution in [0.1, 0.15) is 37.7 Å². The minimum atomic E-state index is -3.67. The van der Waals surface area contributed by atoms with Crippen LogP contribution in [0.2, 0.25) is 0 Å². The Morgan fingerprint density at radius 2 is 1.95 bits per heavy atom. The van der Waals surface area contributed by atoms with Crippen molar-refractivity contribution in [3.63, 3.8) is 0 Å². The SMILES string of the molecule is Cc1cc(S(=O)(=O)NCC2(CO)CCCCC2)ccc1F. The average Bonchev–Trinajstić information content (AvgIpc) is 2.49. The zero-order valence-electron chi connectivity index (χ0n) is 12.2. The van der Waals surface area contributed by atoms with Gasteiger partial charge in [-0.1, -0.05) is 19.3 Å². The van der Waals surface area contributed by atoms with Crippen molar-refractivity contribution in [3.8, 4) is 0 Å². The van der Waals surface area contributed by atoms with Crippen molar-refractivity contribution in [2.75, 3.05) is 13.2 Å². The Balaban J connectivity index is 2.11. The number of aryl methyl sites for hydroxylation is 1. The summed E-state index contributed by atoms with van der Waals surface area (Å²) in [6.07, 6.45) is 4.81. The van der Waals surface area contributed by atoms with E-state index in [0.29, 0.717) is 5.56 Å². The van der Waals surface area contributed by atoms with E-state index in [9.17, 15) is 17.9 Å². The maximum atomic E-state index is 13.2. The molecule has 21 heavy (non-hydrogen) atoms. The molecule has 1 fully saturated rings. The molecule has 1 aliphatic rings. The normalized spacial score (nSPS) is 18.6. The van der Waals surface area contributed by atoms with Gasteiger partial charge in [-0.15, -0.1) is 0 Å². The number of benzene rings is 1. The van der Waals surface area contributed by atoms with Gasteiger partial charge in [-0.05, 0) is 43.5 Å². The number of halogens is 1. The molecule has 118 valence electrons. The molecule has 0 spiro atoms. The van der Waals surface area contributed by atoms with E-state index in [-0.39, 0.29) is 23.5 Å². The van der Waals surface area contributed by atoms with Gasteiger partial charge >= 0.3 is 0 Å². The first kappa shape index (κ1) is 16.4. The largest absolute Gasteiger partial charge is 0.396 e. The smallest absolute Gasteiger partial charge is 0.240 e. The first-order chi connectivity index (χ1) is 9.88. The number of aliphatic hydroxyl groups excluding tert-OH is 1. The predicted octanol–water partition coefficient (Wildman–Crippen LogP) is 2.36. The zero-order valence-corrected chi connectivity index (χ0v) is 13.0. The molecule has 4 nitrogen and oxygen atoms in total. The molecule has 0 saturated heterocycles. The van der Waals surface area contributed by atoms with Crippen LogP contribution in [-0.2, 0) is 10.0 Å². The molecule has 0 atom stereocenters. The number of hydrogen-bond donors (Lipinski definition) is 2. The van der Waals surface area contributed by atoms with Gasteiger partial charge in [0, 0.05) is 18.6 Å². The Bertz CT molecular complexity index is 595. The summed E-state index contributed by atoms with van der Waals surface area (Å²) >= 11 is 0. The van der Waals surface area contributed by atoms with E-state index >= 15 is 0 Å². The van der Waals surface area contributed by atoms with Gasteiger partial charge in [0.25, 0.3) is 0 Å². The van der Waals surface area contributed by atoms with Crippen LogP contribution in [0.15, 0.2) is 23.1 Å². The molecule has 0 aromatic heterocycles. The number of hydrogen-bond acceptors (Lipinski definition) is 3. The standard InChI is InChI=1S/C15H22FNO3S/c1-12-9-13(5-6-14(12)16)21(19,20)17-10-15(11-18)7-3-2-4-8-15/h5-6,9,17-18H,2-4,7-8,10-11H2,1H3. The van der Waals surface area contributed by atoms with Crippen molar-refractivity contribution in [2.24, 2.45) is 5.41 Å². The van der Waals surface area contributed by atoms with Crippen molar-refractivity contribution in [1.29, 1.82) is 0 Å². The highest BCUT2D eigenvalue weighted by Crippen LogP contribution is 2.35. The monoisotopic (exact) mass is 315 g/mol. The molecule has 0 bridgehead atoms. The predicted molar refractivity (Wildman–Crippen MR) is 78.9 cm³/mol. The third-order valence-electron chi connectivity index (χ3n) is 4.33. The highest BCUT2D eigenvalue weighted by Gasteiger charge is 2.32. The highest BCUT2D eigenvalue weighted by atomic mass is 32.2. The number of sulfonamides is 1. The van der Waals surface area contributed by atoms with E-state index in [0.717, 1.165) is 38.2 Å². The summed E-state index contributed by atoms with van der Waals surface area (Å²) in [5, 5.41) is 9.61. The van der Waals surface area contributed by atoms with Gasteiger partial charge in [0.05, 0.1) is 4.90 Å². The first-order valence-corrected chi connectivity index (χ1v) is 8.74. The summed E-state index contributed by atoms with van der Waals surface area (Å²) in [6, 6.07) is 3.74. The summed E-state index contributed by atoms with van der Waals surface area (Å²) in [5.41, 5.74) is -0.0622. The summed E-state index contributed by atoms with van der Waals surface area (Å²) in [7, 11) is -3.67. The van der Waals surface area contributed by atoms with E-state index in [2.05, 4.69) is 4.72 Å². The van der Waals surface area contributed by atoms with Crippen LogP contribution in [0.3, 0.4) is 0 Å². The van der Waals surface area contributed by atoms with Gasteiger partial charge in [-0.3, -0.25) is 0 Å². The second-order valence-corrected chi connectivity index (χ2v) is 7.72. The molecule has 0 amide bonds. The van der Waals surface area contributed by atoms with E-state index < -0.39 is 15.8 Å². The van der Waals surface area contributed by atoms with E-state index in [4.69, 9.17) is 0 Å². The lowest BCUT2D eigenvalue weighted by atomic mass is 9.75. The summed E-state index contributed by atoms with van der Waals surface area (Å²) in [6.45, 7) is 1.74. The minimum absolute atomic E-state index is 0.0159. The van der Waals surface area contributed by atoms with E-state index in [1.807, 2.05) is 0 Å². The Morgan fingerprint density at radius 3 is 2.52 bits per heavy atom. The molecule has 6 heteroatoms. The molecule has 1 saturated carbocycles. The highest BCUT2D eigenvalue weighted by molar-refractivity contribution is 7.89.